The highest BCUT2D eigenvalue weighted by Crippen LogP contribution is 2.71. The van der Waals surface area contributed by atoms with E-state index in [2.05, 4.69) is 0 Å². The summed E-state index contributed by atoms with van der Waals surface area (Å²) >= 11 is 0. The van der Waals surface area contributed by atoms with Crippen molar-refractivity contribution in [2.24, 2.45) is 11.7 Å². The average molecular weight is 221 g/mol. The zero-order valence-electron chi connectivity index (χ0n) is 9.16. The first kappa shape index (κ1) is 12.2. The van der Waals surface area contributed by atoms with E-state index in [-0.39, 0.29) is 5.92 Å². The van der Waals surface area contributed by atoms with Crippen LogP contribution in [0.15, 0.2) is 0 Å². The minimum Gasteiger partial charge on any atom is -0.315 e. The van der Waals surface area contributed by atoms with Crippen LogP contribution in [0.4, 0.5) is 0 Å². The van der Waals surface area contributed by atoms with E-state index in [0.29, 0.717) is 13.2 Å². The van der Waals surface area contributed by atoms with Crippen LogP contribution in [0.1, 0.15) is 33.6 Å². The molecule has 0 aliphatic heterocycles. The molecule has 0 aromatic carbocycles. The summed E-state index contributed by atoms with van der Waals surface area (Å²) in [6.07, 6.45) is 1.68. The summed E-state index contributed by atoms with van der Waals surface area (Å²) in [6.45, 7) is 6.41. The summed E-state index contributed by atoms with van der Waals surface area (Å²) in [4.78, 5) is 0. The van der Waals surface area contributed by atoms with E-state index in [9.17, 15) is 4.57 Å². The Kier molecular flexibility index (Phi) is 3.75. The van der Waals surface area contributed by atoms with Gasteiger partial charge in [0.05, 0.1) is 13.2 Å². The molecule has 5 heteroatoms. The van der Waals surface area contributed by atoms with Gasteiger partial charge < -0.3 is 14.8 Å². The van der Waals surface area contributed by atoms with Crippen molar-refractivity contribution >= 4 is 7.60 Å². The molecular weight excluding hydrogens is 201 g/mol. The smallest absolute Gasteiger partial charge is 0.315 e. The topological polar surface area (TPSA) is 61.5 Å². The molecule has 2 atom stereocenters. The molecule has 1 rings (SSSR count). The quantitative estimate of drug-likeness (QED) is 0.699. The molecule has 1 fully saturated rings. The highest BCUT2D eigenvalue weighted by molar-refractivity contribution is 7.56. The number of hydrogen-bond donors (Lipinski definition) is 1. The van der Waals surface area contributed by atoms with Gasteiger partial charge in [-0.1, -0.05) is 13.3 Å². The Labute approximate surface area is 85.7 Å². The normalized spacial score (nSPS) is 31.9. The van der Waals surface area contributed by atoms with Crippen molar-refractivity contribution in [3.8, 4) is 0 Å². The van der Waals surface area contributed by atoms with Crippen molar-refractivity contribution < 1.29 is 13.6 Å². The van der Waals surface area contributed by atoms with Crippen LogP contribution in [0.5, 0.6) is 0 Å². The first-order chi connectivity index (χ1) is 6.54. The van der Waals surface area contributed by atoms with Gasteiger partial charge in [-0.2, -0.15) is 0 Å². The predicted octanol–water partition coefficient (Wildman–Crippen LogP) is 2.34. The fourth-order valence-corrected chi connectivity index (χ4v) is 4.10. The third kappa shape index (κ3) is 1.89. The summed E-state index contributed by atoms with van der Waals surface area (Å²) in [5.41, 5.74) is 6.04. The molecule has 0 heterocycles. The van der Waals surface area contributed by atoms with Gasteiger partial charge in [-0.25, -0.2) is 0 Å². The van der Waals surface area contributed by atoms with Gasteiger partial charge in [0.15, 0.2) is 0 Å². The molecule has 0 spiro atoms. The molecule has 0 saturated heterocycles. The fourth-order valence-electron chi connectivity index (χ4n) is 1.79. The lowest BCUT2D eigenvalue weighted by molar-refractivity contribution is 0.207. The van der Waals surface area contributed by atoms with Gasteiger partial charge >= 0.3 is 7.60 Å². The van der Waals surface area contributed by atoms with E-state index in [1.807, 2.05) is 6.92 Å². The highest BCUT2D eigenvalue weighted by atomic mass is 31.2. The molecule has 2 N–H and O–H groups in total. The average Bonchev–Trinajstić information content (AvgIpc) is 2.80. The Hall–Kier alpha value is 0.110. The largest absolute Gasteiger partial charge is 0.350 e. The first-order valence-corrected chi connectivity index (χ1v) is 6.76. The van der Waals surface area contributed by atoms with Gasteiger partial charge in [-0.05, 0) is 26.2 Å². The molecular formula is C9H20NO3P. The molecule has 0 amide bonds. The number of hydrogen-bond acceptors (Lipinski definition) is 4. The van der Waals surface area contributed by atoms with Crippen molar-refractivity contribution in [1.82, 2.24) is 0 Å². The van der Waals surface area contributed by atoms with Gasteiger partial charge in [0.2, 0.25) is 0 Å². The molecule has 14 heavy (non-hydrogen) atoms. The molecule has 0 unspecified atom stereocenters. The zero-order chi connectivity index (χ0) is 10.8. The Bertz CT molecular complexity index is 236. The molecule has 1 aliphatic carbocycles. The fraction of sp³-hybridized carbons (Fsp3) is 1.00. The highest BCUT2D eigenvalue weighted by Gasteiger charge is 2.64. The van der Waals surface area contributed by atoms with Crippen LogP contribution in [0.25, 0.3) is 0 Å². The second kappa shape index (κ2) is 4.31. The Morgan fingerprint density at radius 1 is 1.36 bits per heavy atom. The van der Waals surface area contributed by atoms with Gasteiger partial charge in [-0.3, -0.25) is 4.57 Å². The van der Waals surface area contributed by atoms with Gasteiger partial charge in [0, 0.05) is 0 Å². The molecule has 1 saturated carbocycles. The Balaban J connectivity index is 2.74. The van der Waals surface area contributed by atoms with E-state index in [1.165, 1.54) is 0 Å². The summed E-state index contributed by atoms with van der Waals surface area (Å²) in [7, 11) is -3.09. The first-order valence-electron chi connectivity index (χ1n) is 5.22. The van der Waals surface area contributed by atoms with E-state index in [4.69, 9.17) is 14.8 Å². The Morgan fingerprint density at radius 3 is 2.14 bits per heavy atom. The van der Waals surface area contributed by atoms with Crippen molar-refractivity contribution in [1.29, 1.82) is 0 Å². The lowest BCUT2D eigenvalue weighted by atomic mass is 10.3. The third-order valence-electron chi connectivity index (χ3n) is 2.72. The lowest BCUT2D eigenvalue weighted by Gasteiger charge is -2.23. The second-order valence-corrected chi connectivity index (χ2v) is 5.98. The van der Waals surface area contributed by atoms with E-state index in [1.54, 1.807) is 13.8 Å². The van der Waals surface area contributed by atoms with Gasteiger partial charge in [-0.15, -0.1) is 0 Å². The minimum atomic E-state index is -3.09. The van der Waals surface area contributed by atoms with Gasteiger partial charge in [0.1, 0.15) is 5.28 Å². The third-order valence-corrected chi connectivity index (χ3v) is 5.48. The molecule has 0 aromatic rings. The standard InChI is InChI=1S/C9H20NO3P/c1-4-8-7-9(8,10)14(11,12-5-2)13-6-3/h8H,4-7,10H2,1-3H3/t8-,9+/m1/s1. The molecule has 1 aliphatic rings. The maximum atomic E-state index is 12.3. The van der Waals surface area contributed by atoms with Gasteiger partial charge in [0.25, 0.3) is 0 Å². The molecule has 84 valence electrons. The van der Waals surface area contributed by atoms with Crippen LogP contribution in [0.3, 0.4) is 0 Å². The van der Waals surface area contributed by atoms with Crippen LogP contribution in [0, 0.1) is 5.92 Å². The monoisotopic (exact) mass is 221 g/mol. The van der Waals surface area contributed by atoms with Crippen molar-refractivity contribution in [2.75, 3.05) is 13.2 Å². The Morgan fingerprint density at radius 2 is 1.86 bits per heavy atom. The number of nitrogens with two attached hydrogens (primary N) is 1. The maximum Gasteiger partial charge on any atom is 0.350 e. The summed E-state index contributed by atoms with van der Waals surface area (Å²) in [6, 6.07) is 0. The maximum absolute atomic E-state index is 12.3. The van der Waals surface area contributed by atoms with Crippen molar-refractivity contribution in [2.45, 2.75) is 38.9 Å². The van der Waals surface area contributed by atoms with Crippen LogP contribution in [0.2, 0.25) is 0 Å². The second-order valence-electron chi connectivity index (χ2n) is 3.63. The summed E-state index contributed by atoms with van der Waals surface area (Å²) in [5.74, 6) is 0.284. The van der Waals surface area contributed by atoms with E-state index >= 15 is 0 Å². The molecule has 0 radical (unpaired) electrons. The van der Waals surface area contributed by atoms with Crippen LogP contribution >= 0.6 is 7.60 Å². The molecule has 4 nitrogen and oxygen atoms in total. The van der Waals surface area contributed by atoms with Crippen LogP contribution < -0.4 is 5.73 Å². The number of rotatable bonds is 6. The minimum absolute atomic E-state index is 0.284. The van der Waals surface area contributed by atoms with Crippen LogP contribution in [-0.4, -0.2) is 18.5 Å². The zero-order valence-corrected chi connectivity index (χ0v) is 10.0. The SMILES string of the molecule is CCOP(=O)(OCC)[C@@]1(N)C[C@H]1CC. The molecule has 0 aromatic heterocycles. The van der Waals surface area contributed by atoms with Crippen LogP contribution in [-0.2, 0) is 13.6 Å². The van der Waals surface area contributed by atoms with E-state index < -0.39 is 12.9 Å². The molecule has 0 bridgehead atoms. The summed E-state index contributed by atoms with van der Waals surface area (Å²) in [5, 5.41) is -0.715. The van der Waals surface area contributed by atoms with Crippen molar-refractivity contribution in [3.63, 3.8) is 0 Å². The summed E-state index contributed by atoms with van der Waals surface area (Å²) < 4.78 is 22.8. The van der Waals surface area contributed by atoms with E-state index in [0.717, 1.165) is 12.8 Å². The predicted molar refractivity (Wildman–Crippen MR) is 56.2 cm³/mol. The lowest BCUT2D eigenvalue weighted by Crippen LogP contribution is -2.27. The van der Waals surface area contributed by atoms with Crippen molar-refractivity contribution in [3.05, 3.63) is 0 Å².